The normalized spacial score (nSPS) is 10.9. The molecule has 2 nitrogen and oxygen atoms in total. The predicted octanol–water partition coefficient (Wildman–Crippen LogP) is 4.49. The molecule has 1 aromatic heterocycles. The molecule has 1 aromatic carbocycles. The molecule has 18 heavy (non-hydrogen) atoms. The van der Waals surface area contributed by atoms with Gasteiger partial charge >= 0.3 is 0 Å². The lowest BCUT2D eigenvalue weighted by Crippen LogP contribution is -1.95. The van der Waals surface area contributed by atoms with Crippen LogP contribution in [0.15, 0.2) is 30.3 Å². The first-order chi connectivity index (χ1) is 8.60. The van der Waals surface area contributed by atoms with Gasteiger partial charge in [-0.2, -0.15) is 0 Å². The first-order valence-electron chi connectivity index (χ1n) is 6.30. The molecule has 0 fully saturated rings. The van der Waals surface area contributed by atoms with E-state index in [1.807, 2.05) is 6.07 Å². The standard InChI is InChI=1S/C15H18N2S/c1-4-14-16-13(9-15(18)17-14)12-7-5-11(6-8-12)10(2)3/h5-10H,4H2,1-3H3,(H,16,17,18). The fraction of sp³-hybridized carbons (Fsp3) is 0.333. The Kier molecular flexibility index (Phi) is 3.92. The third-order valence-corrected chi connectivity index (χ3v) is 3.22. The number of aromatic amines is 1. The third kappa shape index (κ3) is 2.85. The number of benzene rings is 1. The number of hydrogen-bond donors (Lipinski definition) is 1. The number of aryl methyl sites for hydroxylation is 1. The van der Waals surface area contributed by atoms with Gasteiger partial charge in [-0.25, -0.2) is 4.98 Å². The van der Waals surface area contributed by atoms with Gasteiger partial charge in [-0.3, -0.25) is 0 Å². The van der Waals surface area contributed by atoms with Crippen LogP contribution in [-0.4, -0.2) is 9.97 Å². The van der Waals surface area contributed by atoms with Crippen LogP contribution < -0.4 is 0 Å². The highest BCUT2D eigenvalue weighted by molar-refractivity contribution is 7.71. The van der Waals surface area contributed by atoms with Crippen molar-refractivity contribution < 1.29 is 0 Å². The van der Waals surface area contributed by atoms with Crippen molar-refractivity contribution in [3.8, 4) is 11.3 Å². The maximum absolute atomic E-state index is 5.19. The van der Waals surface area contributed by atoms with Crippen LogP contribution in [0.5, 0.6) is 0 Å². The Morgan fingerprint density at radius 3 is 2.44 bits per heavy atom. The van der Waals surface area contributed by atoms with Gasteiger partial charge in [-0.15, -0.1) is 0 Å². The number of nitrogens with zero attached hydrogens (tertiary/aromatic N) is 1. The summed E-state index contributed by atoms with van der Waals surface area (Å²) in [5.41, 5.74) is 3.55. The molecule has 0 amide bonds. The zero-order chi connectivity index (χ0) is 13.1. The van der Waals surface area contributed by atoms with Crippen molar-refractivity contribution >= 4 is 12.2 Å². The Morgan fingerprint density at radius 1 is 1.22 bits per heavy atom. The molecule has 0 saturated carbocycles. The lowest BCUT2D eigenvalue weighted by atomic mass is 10.0. The summed E-state index contributed by atoms with van der Waals surface area (Å²) in [4.78, 5) is 7.60. The molecule has 0 aliphatic heterocycles. The van der Waals surface area contributed by atoms with Gasteiger partial charge in [0.2, 0.25) is 0 Å². The topological polar surface area (TPSA) is 28.7 Å². The molecule has 2 aromatic rings. The van der Waals surface area contributed by atoms with Crippen LogP contribution in [0.4, 0.5) is 0 Å². The monoisotopic (exact) mass is 258 g/mol. The highest BCUT2D eigenvalue weighted by atomic mass is 32.1. The summed E-state index contributed by atoms with van der Waals surface area (Å²) < 4.78 is 0.647. The van der Waals surface area contributed by atoms with Crippen molar-refractivity contribution in [3.05, 3.63) is 46.4 Å². The fourth-order valence-corrected chi connectivity index (χ4v) is 2.11. The number of hydrogen-bond acceptors (Lipinski definition) is 2. The maximum Gasteiger partial charge on any atom is 0.130 e. The number of rotatable bonds is 3. The van der Waals surface area contributed by atoms with E-state index in [0.717, 1.165) is 23.5 Å². The summed E-state index contributed by atoms with van der Waals surface area (Å²) >= 11 is 5.19. The zero-order valence-electron chi connectivity index (χ0n) is 11.0. The van der Waals surface area contributed by atoms with Gasteiger partial charge in [0.15, 0.2) is 0 Å². The van der Waals surface area contributed by atoms with E-state index in [1.165, 1.54) is 5.56 Å². The van der Waals surface area contributed by atoms with E-state index in [9.17, 15) is 0 Å². The van der Waals surface area contributed by atoms with Gasteiger partial charge in [-0.1, -0.05) is 57.3 Å². The molecule has 1 N–H and O–H groups in total. The van der Waals surface area contributed by atoms with Crippen LogP contribution >= 0.6 is 12.2 Å². The van der Waals surface area contributed by atoms with E-state index in [0.29, 0.717) is 10.6 Å². The second kappa shape index (κ2) is 5.44. The molecular weight excluding hydrogens is 240 g/mol. The van der Waals surface area contributed by atoms with Gasteiger partial charge in [0.1, 0.15) is 10.5 Å². The van der Waals surface area contributed by atoms with E-state index in [1.54, 1.807) is 0 Å². The summed E-state index contributed by atoms with van der Waals surface area (Å²) in [6, 6.07) is 10.5. The number of nitrogens with one attached hydrogen (secondary N) is 1. The van der Waals surface area contributed by atoms with Gasteiger partial charge in [0.25, 0.3) is 0 Å². The van der Waals surface area contributed by atoms with Crippen LogP contribution in [0.1, 0.15) is 38.1 Å². The minimum absolute atomic E-state index is 0.557. The largest absolute Gasteiger partial charge is 0.343 e. The van der Waals surface area contributed by atoms with Crippen LogP contribution in [0.3, 0.4) is 0 Å². The zero-order valence-corrected chi connectivity index (χ0v) is 11.8. The summed E-state index contributed by atoms with van der Waals surface area (Å²) in [6.45, 7) is 6.47. The Labute approximate surface area is 113 Å². The number of H-pyrrole nitrogens is 1. The Balaban J connectivity index is 2.42. The summed E-state index contributed by atoms with van der Waals surface area (Å²) in [7, 11) is 0. The smallest absolute Gasteiger partial charge is 0.130 e. The lowest BCUT2D eigenvalue weighted by Gasteiger charge is -2.08. The molecule has 2 rings (SSSR count). The van der Waals surface area contributed by atoms with Crippen molar-refractivity contribution in [3.63, 3.8) is 0 Å². The average Bonchev–Trinajstić information content (AvgIpc) is 2.38. The highest BCUT2D eigenvalue weighted by Crippen LogP contribution is 2.21. The first-order valence-corrected chi connectivity index (χ1v) is 6.71. The molecule has 0 atom stereocenters. The molecule has 0 aliphatic carbocycles. The molecule has 0 bridgehead atoms. The van der Waals surface area contributed by atoms with Gasteiger partial charge in [-0.05, 0) is 23.1 Å². The molecule has 1 heterocycles. The van der Waals surface area contributed by atoms with Crippen LogP contribution in [-0.2, 0) is 6.42 Å². The van der Waals surface area contributed by atoms with E-state index < -0.39 is 0 Å². The Bertz CT molecular complexity index is 582. The van der Waals surface area contributed by atoms with Crippen molar-refractivity contribution in [1.29, 1.82) is 0 Å². The molecule has 0 unspecified atom stereocenters. The minimum Gasteiger partial charge on any atom is -0.343 e. The van der Waals surface area contributed by atoms with Crippen molar-refractivity contribution in [2.75, 3.05) is 0 Å². The van der Waals surface area contributed by atoms with E-state index in [-0.39, 0.29) is 0 Å². The van der Waals surface area contributed by atoms with Crippen molar-refractivity contribution in [1.82, 2.24) is 9.97 Å². The Hall–Kier alpha value is -1.48. The molecule has 0 saturated heterocycles. The fourth-order valence-electron chi connectivity index (χ4n) is 1.88. The SMILES string of the molecule is CCc1nc(=S)cc(-c2ccc(C(C)C)cc2)[nH]1. The summed E-state index contributed by atoms with van der Waals surface area (Å²) in [5, 5.41) is 0. The van der Waals surface area contributed by atoms with Gasteiger partial charge in [0, 0.05) is 12.1 Å². The minimum atomic E-state index is 0.557. The second-order valence-electron chi connectivity index (χ2n) is 4.71. The van der Waals surface area contributed by atoms with E-state index >= 15 is 0 Å². The molecule has 0 spiro atoms. The lowest BCUT2D eigenvalue weighted by molar-refractivity contribution is 0.866. The highest BCUT2D eigenvalue weighted by Gasteiger charge is 2.03. The van der Waals surface area contributed by atoms with Crippen LogP contribution in [0.25, 0.3) is 11.3 Å². The molecular formula is C15H18N2S. The third-order valence-electron chi connectivity index (χ3n) is 3.02. The molecule has 3 heteroatoms. The van der Waals surface area contributed by atoms with Crippen molar-refractivity contribution in [2.45, 2.75) is 33.1 Å². The van der Waals surface area contributed by atoms with Crippen LogP contribution in [0.2, 0.25) is 0 Å². The van der Waals surface area contributed by atoms with Crippen molar-refractivity contribution in [2.24, 2.45) is 0 Å². The predicted molar refractivity (Wildman–Crippen MR) is 78.3 cm³/mol. The molecule has 0 aliphatic rings. The maximum atomic E-state index is 5.19. The first kappa shape index (κ1) is 13.0. The van der Waals surface area contributed by atoms with E-state index in [2.05, 4.69) is 55.0 Å². The van der Waals surface area contributed by atoms with E-state index in [4.69, 9.17) is 12.2 Å². The molecule has 94 valence electrons. The Morgan fingerprint density at radius 2 is 1.89 bits per heavy atom. The summed E-state index contributed by atoms with van der Waals surface area (Å²) in [5.74, 6) is 1.49. The second-order valence-corrected chi connectivity index (χ2v) is 5.13. The number of aromatic nitrogens is 2. The average molecular weight is 258 g/mol. The van der Waals surface area contributed by atoms with Gasteiger partial charge < -0.3 is 4.98 Å². The summed E-state index contributed by atoms with van der Waals surface area (Å²) in [6.07, 6.45) is 0.863. The molecule has 0 radical (unpaired) electrons. The van der Waals surface area contributed by atoms with Crippen LogP contribution in [0, 0.1) is 4.64 Å². The quantitative estimate of drug-likeness (QED) is 0.822. The van der Waals surface area contributed by atoms with Gasteiger partial charge in [0.05, 0.1) is 0 Å².